The molecule has 0 saturated carbocycles. The number of aromatic nitrogens is 2. The molecule has 1 N–H and O–H groups in total. The second-order valence-corrected chi connectivity index (χ2v) is 14.6. The van der Waals surface area contributed by atoms with Gasteiger partial charge >= 0.3 is 0 Å². The first kappa shape index (κ1) is 29.8. The summed E-state index contributed by atoms with van der Waals surface area (Å²) in [5, 5.41) is 0. The molecule has 9 heteroatoms. The van der Waals surface area contributed by atoms with Crippen molar-refractivity contribution in [3.8, 4) is 17.1 Å². The zero-order valence-electron chi connectivity index (χ0n) is 26.0. The molecule has 0 radical (unpaired) electrons. The summed E-state index contributed by atoms with van der Waals surface area (Å²) in [6.45, 7) is 13.3. The van der Waals surface area contributed by atoms with Gasteiger partial charge < -0.3 is 9.64 Å². The lowest BCUT2D eigenvalue weighted by atomic mass is 9.78. The Morgan fingerprint density at radius 2 is 1.70 bits per heavy atom. The molecule has 0 fully saturated rings. The van der Waals surface area contributed by atoms with Crippen molar-refractivity contribution < 1.29 is 19.4 Å². The lowest BCUT2D eigenvalue weighted by Gasteiger charge is -2.41. The number of hydrogen-bond donors (Lipinski definition) is 1. The number of ether oxygens (including phenoxy) is 1. The lowest BCUT2D eigenvalue weighted by Crippen LogP contribution is -2.45. The zero-order chi connectivity index (χ0) is 31.4. The SMILES string of the molecule is Cc1cccc(C)c1-c1cc2nc(n1)NS(=O)(=O)c1cccc(c1)C(=O)N1Cc3cc(C(C)(C)C)ccc3C(CCO2)C1C.[HH]. The molecule has 2 atom stereocenters. The van der Waals surface area contributed by atoms with Crippen LogP contribution in [0.4, 0.5) is 5.95 Å². The highest BCUT2D eigenvalue weighted by Crippen LogP contribution is 2.39. The number of fused-ring (bicyclic) bond motifs is 8. The van der Waals surface area contributed by atoms with Gasteiger partial charge in [0.1, 0.15) is 0 Å². The van der Waals surface area contributed by atoms with Crippen LogP contribution in [0.15, 0.2) is 71.6 Å². The monoisotopic (exact) mass is 612 g/mol. The third kappa shape index (κ3) is 5.56. The topological polar surface area (TPSA) is 101 Å². The molecule has 1 amide bonds. The molecule has 4 aromatic rings. The standard InChI is InChI=1S/C35H38N4O4S.H2/c1-21-9-7-10-22(2)32(21)30-19-31-37-34(36-30)38-44(41,42)27-12-8-11-24(18-27)33(40)39-20-25-17-26(35(4,5)6)13-14-29(25)28(23(39)3)15-16-43-31;/h7-14,17-19,23,28H,15-16,20H2,1-6H3,(H,36,37,38);1H. The fourth-order valence-electron chi connectivity index (χ4n) is 6.35. The average Bonchev–Trinajstić information content (AvgIpc) is 2.96. The summed E-state index contributed by atoms with van der Waals surface area (Å²) < 4.78 is 36.0. The Kier molecular flexibility index (Phi) is 7.48. The van der Waals surface area contributed by atoms with Crippen LogP contribution in [0.3, 0.4) is 0 Å². The number of nitrogens with one attached hydrogen (secondary N) is 1. The molecule has 2 aliphatic rings. The maximum atomic E-state index is 14.0. The predicted molar refractivity (Wildman–Crippen MR) is 174 cm³/mol. The highest BCUT2D eigenvalue weighted by Gasteiger charge is 2.36. The molecule has 1 aromatic heterocycles. The normalized spacial score (nSPS) is 19.6. The Hall–Kier alpha value is -4.24. The fraction of sp³-hybridized carbons (Fsp3) is 0.343. The van der Waals surface area contributed by atoms with Crippen LogP contribution in [-0.2, 0) is 22.0 Å². The molecular weight excluding hydrogens is 572 g/mol. The number of aryl methyl sites for hydroxylation is 2. The lowest BCUT2D eigenvalue weighted by molar-refractivity contribution is 0.0609. The highest BCUT2D eigenvalue weighted by molar-refractivity contribution is 7.92. The number of benzene rings is 3. The first-order valence-corrected chi connectivity index (χ1v) is 16.5. The van der Waals surface area contributed by atoms with E-state index in [4.69, 9.17) is 4.74 Å². The predicted octanol–water partition coefficient (Wildman–Crippen LogP) is 7.02. The number of nitrogens with zero attached hydrogens (tertiary/aromatic N) is 3. The molecule has 0 saturated heterocycles. The summed E-state index contributed by atoms with van der Waals surface area (Å²) in [5.74, 6) is -0.0242. The van der Waals surface area contributed by atoms with Gasteiger partial charge in [0, 0.05) is 37.1 Å². The smallest absolute Gasteiger partial charge is 0.264 e. The molecule has 2 aliphatic heterocycles. The number of anilines is 1. The van der Waals surface area contributed by atoms with Gasteiger partial charge in [0.2, 0.25) is 11.8 Å². The number of rotatable bonds is 1. The average molecular weight is 613 g/mol. The zero-order valence-corrected chi connectivity index (χ0v) is 26.8. The molecule has 44 heavy (non-hydrogen) atoms. The molecule has 6 bridgehead atoms. The first-order chi connectivity index (χ1) is 20.8. The summed E-state index contributed by atoms with van der Waals surface area (Å²) in [4.78, 5) is 24.9. The summed E-state index contributed by atoms with van der Waals surface area (Å²) in [6.07, 6.45) is 0.636. The molecule has 3 aromatic carbocycles. The second kappa shape index (κ2) is 11.0. The van der Waals surface area contributed by atoms with Crippen LogP contribution in [0.5, 0.6) is 5.88 Å². The minimum absolute atomic E-state index is 0. The third-order valence-corrected chi connectivity index (χ3v) is 10.1. The van der Waals surface area contributed by atoms with Crippen LogP contribution in [0.2, 0.25) is 0 Å². The van der Waals surface area contributed by atoms with Gasteiger partial charge in [-0.25, -0.2) is 18.1 Å². The van der Waals surface area contributed by atoms with Gasteiger partial charge in [-0.2, -0.15) is 4.98 Å². The van der Waals surface area contributed by atoms with Crippen molar-refractivity contribution in [1.29, 1.82) is 0 Å². The Morgan fingerprint density at radius 3 is 2.43 bits per heavy atom. The van der Waals surface area contributed by atoms with Crippen molar-refractivity contribution >= 4 is 21.9 Å². The number of sulfonamides is 1. The van der Waals surface area contributed by atoms with Gasteiger partial charge in [0.15, 0.2) is 0 Å². The van der Waals surface area contributed by atoms with E-state index in [1.54, 1.807) is 18.2 Å². The van der Waals surface area contributed by atoms with Crippen molar-refractivity contribution in [3.63, 3.8) is 0 Å². The van der Waals surface area contributed by atoms with Gasteiger partial charge in [0.05, 0.1) is 17.2 Å². The molecule has 0 spiro atoms. The van der Waals surface area contributed by atoms with E-state index in [0.29, 0.717) is 30.8 Å². The Bertz CT molecular complexity index is 1870. The number of carbonyl (C=O) groups is 1. The van der Waals surface area contributed by atoms with E-state index in [2.05, 4.69) is 60.6 Å². The first-order valence-electron chi connectivity index (χ1n) is 15.0. The van der Waals surface area contributed by atoms with E-state index >= 15 is 0 Å². The Balaban J connectivity index is 0.00000400. The van der Waals surface area contributed by atoms with E-state index in [1.165, 1.54) is 23.3 Å². The van der Waals surface area contributed by atoms with Crippen molar-refractivity contribution in [2.75, 3.05) is 11.3 Å². The largest absolute Gasteiger partial charge is 0.478 e. The van der Waals surface area contributed by atoms with Crippen molar-refractivity contribution in [2.24, 2.45) is 0 Å². The van der Waals surface area contributed by atoms with Gasteiger partial charge in [-0.3, -0.25) is 4.79 Å². The van der Waals surface area contributed by atoms with E-state index in [1.807, 2.05) is 36.9 Å². The van der Waals surface area contributed by atoms with Gasteiger partial charge in [-0.1, -0.05) is 63.2 Å². The van der Waals surface area contributed by atoms with Crippen LogP contribution < -0.4 is 9.46 Å². The van der Waals surface area contributed by atoms with E-state index in [0.717, 1.165) is 22.3 Å². The fourth-order valence-corrected chi connectivity index (χ4v) is 7.34. The van der Waals surface area contributed by atoms with E-state index in [9.17, 15) is 13.2 Å². The van der Waals surface area contributed by atoms with Crippen LogP contribution in [-0.4, -0.2) is 41.8 Å². The van der Waals surface area contributed by atoms with Crippen molar-refractivity contribution in [3.05, 3.63) is 100 Å². The van der Waals surface area contributed by atoms with E-state index < -0.39 is 10.0 Å². The molecule has 230 valence electrons. The maximum Gasteiger partial charge on any atom is 0.264 e. The summed E-state index contributed by atoms with van der Waals surface area (Å²) in [7, 11) is -4.13. The van der Waals surface area contributed by atoms with Crippen LogP contribution in [0, 0.1) is 13.8 Å². The van der Waals surface area contributed by atoms with Crippen molar-refractivity contribution in [2.45, 2.75) is 76.8 Å². The summed E-state index contributed by atoms with van der Waals surface area (Å²) in [5.41, 5.74) is 7.24. The van der Waals surface area contributed by atoms with Gasteiger partial charge in [0.25, 0.3) is 15.9 Å². The molecule has 6 rings (SSSR count). The van der Waals surface area contributed by atoms with E-state index in [-0.39, 0.29) is 41.4 Å². The molecule has 2 unspecified atom stereocenters. The maximum absolute atomic E-state index is 14.0. The Morgan fingerprint density at radius 1 is 0.977 bits per heavy atom. The molecular formula is C35H40N4O4S. The highest BCUT2D eigenvalue weighted by atomic mass is 32.2. The second-order valence-electron chi connectivity index (χ2n) is 12.9. The van der Waals surface area contributed by atoms with Crippen molar-refractivity contribution in [1.82, 2.24) is 14.9 Å². The van der Waals surface area contributed by atoms with Gasteiger partial charge in [-0.15, -0.1) is 0 Å². The number of hydrogen-bond acceptors (Lipinski definition) is 6. The molecule has 0 aliphatic carbocycles. The third-order valence-electron chi connectivity index (χ3n) is 8.82. The minimum atomic E-state index is -4.13. The van der Waals surface area contributed by atoms with Gasteiger partial charge in [-0.05, 0) is 78.6 Å². The Labute approximate surface area is 261 Å². The minimum Gasteiger partial charge on any atom is -0.478 e. The molecule has 3 heterocycles. The summed E-state index contributed by atoms with van der Waals surface area (Å²) >= 11 is 0. The van der Waals surface area contributed by atoms with Crippen LogP contribution in [0.25, 0.3) is 11.3 Å². The number of amides is 1. The van der Waals surface area contributed by atoms with Crippen LogP contribution in [0.1, 0.15) is 79.6 Å². The van der Waals surface area contributed by atoms with Crippen LogP contribution >= 0.6 is 0 Å². The number of carbonyl (C=O) groups excluding carboxylic acids is 1. The summed E-state index contributed by atoms with van der Waals surface area (Å²) in [6, 6.07) is 20.3. The molecule has 8 nitrogen and oxygen atoms in total. The quantitative estimate of drug-likeness (QED) is 0.248.